The zero-order valence-corrected chi connectivity index (χ0v) is 9.39. The largest absolute Gasteiger partial charge is 0.494 e. The zero-order chi connectivity index (χ0) is 10.2. The maximum absolute atomic E-state index is 5.55. The van der Waals surface area contributed by atoms with Crippen LogP contribution >= 0.6 is 11.6 Å². The third-order valence-electron chi connectivity index (χ3n) is 2.01. The average molecular weight is 213 g/mol. The van der Waals surface area contributed by atoms with Gasteiger partial charge in [0.05, 0.1) is 6.61 Å². The molecule has 14 heavy (non-hydrogen) atoms. The highest BCUT2D eigenvalue weighted by Gasteiger charge is 1.94. The lowest BCUT2D eigenvalue weighted by atomic mass is 10.1. The van der Waals surface area contributed by atoms with Crippen molar-refractivity contribution in [3.05, 3.63) is 29.8 Å². The number of benzene rings is 1. The molecule has 0 heterocycles. The molecule has 0 spiro atoms. The van der Waals surface area contributed by atoms with Crippen molar-refractivity contribution in [1.29, 1.82) is 0 Å². The van der Waals surface area contributed by atoms with E-state index in [-0.39, 0.29) is 0 Å². The van der Waals surface area contributed by atoms with E-state index in [0.717, 1.165) is 18.6 Å². The van der Waals surface area contributed by atoms with Crippen molar-refractivity contribution in [3.8, 4) is 5.75 Å². The van der Waals surface area contributed by atoms with E-state index in [4.69, 9.17) is 16.3 Å². The van der Waals surface area contributed by atoms with E-state index in [1.165, 1.54) is 12.0 Å². The van der Waals surface area contributed by atoms with Gasteiger partial charge < -0.3 is 4.74 Å². The minimum Gasteiger partial charge on any atom is -0.494 e. The number of hydrogen-bond acceptors (Lipinski definition) is 1. The van der Waals surface area contributed by atoms with Crippen LogP contribution in [0.25, 0.3) is 0 Å². The molecule has 0 unspecified atom stereocenters. The fourth-order valence-electron chi connectivity index (χ4n) is 1.29. The van der Waals surface area contributed by atoms with Crippen molar-refractivity contribution in [2.45, 2.75) is 26.2 Å². The Balaban J connectivity index is 2.38. The summed E-state index contributed by atoms with van der Waals surface area (Å²) in [5, 5.41) is 0. The summed E-state index contributed by atoms with van der Waals surface area (Å²) in [5.74, 6) is 1.60. The Morgan fingerprint density at radius 1 is 1.21 bits per heavy atom. The Labute approximate surface area is 91.0 Å². The molecular formula is C12H17ClO. The van der Waals surface area contributed by atoms with E-state index in [1.807, 2.05) is 12.1 Å². The van der Waals surface area contributed by atoms with E-state index in [2.05, 4.69) is 19.1 Å². The molecule has 0 aliphatic rings. The van der Waals surface area contributed by atoms with E-state index in [9.17, 15) is 0 Å². The summed E-state index contributed by atoms with van der Waals surface area (Å²) in [5.41, 5.74) is 1.37. The summed E-state index contributed by atoms with van der Waals surface area (Å²) >= 11 is 5.55. The Bertz CT molecular complexity index is 243. The number of aryl methyl sites for hydroxylation is 1. The minimum atomic E-state index is 0.661. The van der Waals surface area contributed by atoms with E-state index in [0.29, 0.717) is 12.5 Å². The maximum Gasteiger partial charge on any atom is 0.119 e. The molecule has 0 aliphatic heterocycles. The van der Waals surface area contributed by atoms with Crippen molar-refractivity contribution in [2.24, 2.45) is 0 Å². The summed E-state index contributed by atoms with van der Waals surface area (Å²) in [4.78, 5) is 0. The third kappa shape index (κ3) is 4.01. The van der Waals surface area contributed by atoms with Gasteiger partial charge in [-0.25, -0.2) is 0 Å². The van der Waals surface area contributed by atoms with Gasteiger partial charge in [-0.05, 0) is 30.5 Å². The van der Waals surface area contributed by atoms with Gasteiger partial charge >= 0.3 is 0 Å². The summed E-state index contributed by atoms with van der Waals surface area (Å²) in [6.45, 7) is 2.89. The highest BCUT2D eigenvalue weighted by atomic mass is 35.5. The van der Waals surface area contributed by atoms with Gasteiger partial charge in [0.2, 0.25) is 0 Å². The molecule has 2 heteroatoms. The average Bonchev–Trinajstić information content (AvgIpc) is 2.21. The third-order valence-corrected chi connectivity index (χ3v) is 2.28. The first-order valence-corrected chi connectivity index (χ1v) is 5.68. The van der Waals surface area contributed by atoms with E-state index in [1.54, 1.807) is 0 Å². The number of rotatable bonds is 6. The molecule has 78 valence electrons. The number of alkyl halides is 1. The van der Waals surface area contributed by atoms with Gasteiger partial charge in [-0.15, -0.1) is 11.6 Å². The van der Waals surface area contributed by atoms with Crippen molar-refractivity contribution in [1.82, 2.24) is 0 Å². The van der Waals surface area contributed by atoms with Crippen molar-refractivity contribution in [2.75, 3.05) is 12.5 Å². The lowest BCUT2D eigenvalue weighted by Crippen LogP contribution is -1.97. The van der Waals surface area contributed by atoms with Crippen molar-refractivity contribution in [3.63, 3.8) is 0 Å². The first kappa shape index (κ1) is 11.4. The van der Waals surface area contributed by atoms with Crippen LogP contribution in [-0.2, 0) is 6.42 Å². The predicted molar refractivity (Wildman–Crippen MR) is 61.3 cm³/mol. The molecule has 1 nitrogen and oxygen atoms in total. The monoisotopic (exact) mass is 212 g/mol. The van der Waals surface area contributed by atoms with E-state index >= 15 is 0 Å². The van der Waals surface area contributed by atoms with Crippen LogP contribution in [0.1, 0.15) is 25.3 Å². The molecule has 0 N–H and O–H groups in total. The highest BCUT2D eigenvalue weighted by Crippen LogP contribution is 2.13. The molecule has 0 atom stereocenters. The van der Waals surface area contributed by atoms with E-state index < -0.39 is 0 Å². The van der Waals surface area contributed by atoms with Crippen LogP contribution in [0, 0.1) is 0 Å². The molecule has 0 fully saturated rings. The lowest BCUT2D eigenvalue weighted by molar-refractivity contribution is 0.318. The van der Waals surface area contributed by atoms with Gasteiger partial charge in [0, 0.05) is 5.88 Å². The van der Waals surface area contributed by atoms with Crippen LogP contribution in [0.15, 0.2) is 24.3 Å². The van der Waals surface area contributed by atoms with Gasteiger partial charge in [0.25, 0.3) is 0 Å². The number of hydrogen-bond donors (Lipinski definition) is 0. The summed E-state index contributed by atoms with van der Waals surface area (Å²) in [6, 6.07) is 8.30. The second kappa shape index (κ2) is 6.72. The molecule has 1 aromatic carbocycles. The Kier molecular flexibility index (Phi) is 5.46. The molecule has 1 rings (SSSR count). The number of ether oxygens (including phenoxy) is 1. The summed E-state index contributed by atoms with van der Waals surface area (Å²) in [6.07, 6.45) is 3.23. The quantitative estimate of drug-likeness (QED) is 0.517. The van der Waals surface area contributed by atoms with Crippen LogP contribution in [0.3, 0.4) is 0 Å². The van der Waals surface area contributed by atoms with Crippen LogP contribution in [-0.4, -0.2) is 12.5 Å². The van der Waals surface area contributed by atoms with Crippen molar-refractivity contribution < 1.29 is 4.74 Å². The molecule has 0 aromatic heterocycles. The van der Waals surface area contributed by atoms with Gasteiger partial charge in [0.1, 0.15) is 5.75 Å². The fraction of sp³-hybridized carbons (Fsp3) is 0.500. The molecule has 0 bridgehead atoms. The van der Waals surface area contributed by atoms with Gasteiger partial charge in [0.15, 0.2) is 0 Å². The van der Waals surface area contributed by atoms with Gasteiger partial charge in [-0.3, -0.25) is 0 Å². The second-order valence-corrected chi connectivity index (χ2v) is 3.66. The lowest BCUT2D eigenvalue weighted by Gasteiger charge is -2.05. The number of halogens is 1. The normalized spacial score (nSPS) is 10.1. The minimum absolute atomic E-state index is 0.661. The second-order valence-electron chi connectivity index (χ2n) is 3.28. The molecule has 0 amide bonds. The molecule has 1 aromatic rings. The predicted octanol–water partition coefficient (Wildman–Crippen LogP) is 3.65. The molecule has 0 aliphatic carbocycles. The Morgan fingerprint density at radius 2 is 1.93 bits per heavy atom. The zero-order valence-electron chi connectivity index (χ0n) is 8.63. The summed E-state index contributed by atoms with van der Waals surface area (Å²) in [7, 11) is 0. The highest BCUT2D eigenvalue weighted by molar-refractivity contribution is 6.17. The Morgan fingerprint density at radius 3 is 2.50 bits per heavy atom. The fourth-order valence-corrected chi connectivity index (χ4v) is 1.39. The maximum atomic E-state index is 5.55. The van der Waals surface area contributed by atoms with Gasteiger partial charge in [-0.1, -0.05) is 25.5 Å². The first-order valence-electron chi connectivity index (χ1n) is 5.14. The molecule has 0 radical (unpaired) electrons. The van der Waals surface area contributed by atoms with Crippen LogP contribution in [0.4, 0.5) is 0 Å². The summed E-state index contributed by atoms with van der Waals surface area (Å²) < 4.78 is 5.50. The van der Waals surface area contributed by atoms with Gasteiger partial charge in [-0.2, -0.15) is 0 Å². The molecule has 0 saturated carbocycles. The van der Waals surface area contributed by atoms with Crippen LogP contribution < -0.4 is 4.74 Å². The standard InChI is InChI=1S/C12H17ClO/c1-2-4-11-5-7-12(8-6-11)14-10-3-9-13/h5-8H,2-4,9-10H2,1H3. The first-order chi connectivity index (χ1) is 6.86. The van der Waals surface area contributed by atoms with Crippen molar-refractivity contribution >= 4 is 11.6 Å². The molecular weight excluding hydrogens is 196 g/mol. The topological polar surface area (TPSA) is 9.23 Å². The smallest absolute Gasteiger partial charge is 0.119 e. The van der Waals surface area contributed by atoms with Crippen LogP contribution in [0.5, 0.6) is 5.75 Å². The molecule has 0 saturated heterocycles. The Hall–Kier alpha value is -0.690. The van der Waals surface area contributed by atoms with Crippen LogP contribution in [0.2, 0.25) is 0 Å². The SMILES string of the molecule is CCCc1ccc(OCCCCl)cc1.